The summed E-state index contributed by atoms with van der Waals surface area (Å²) in [5.41, 5.74) is -0.130. The zero-order valence-electron chi connectivity index (χ0n) is 9.93. The van der Waals surface area contributed by atoms with Crippen molar-refractivity contribution in [1.82, 2.24) is 5.32 Å². The van der Waals surface area contributed by atoms with Crippen LogP contribution < -0.4 is 5.32 Å². The summed E-state index contributed by atoms with van der Waals surface area (Å²) in [6.07, 6.45) is 4.77. The highest BCUT2D eigenvalue weighted by atomic mass is 16.6. The van der Waals surface area contributed by atoms with Crippen LogP contribution in [0.3, 0.4) is 0 Å². The molecule has 2 rings (SSSR count). The van der Waals surface area contributed by atoms with E-state index in [-0.39, 0.29) is 23.0 Å². The van der Waals surface area contributed by atoms with Gasteiger partial charge in [0.05, 0.1) is 0 Å². The zero-order chi connectivity index (χ0) is 11.1. The highest BCUT2D eigenvalue weighted by Crippen LogP contribution is 2.49. The lowest BCUT2D eigenvalue weighted by atomic mass is 9.64. The van der Waals surface area contributed by atoms with E-state index >= 15 is 0 Å². The van der Waals surface area contributed by atoms with Crippen molar-refractivity contribution in [1.29, 1.82) is 0 Å². The maximum absolute atomic E-state index is 12.0. The van der Waals surface area contributed by atoms with E-state index in [0.29, 0.717) is 0 Å². The van der Waals surface area contributed by atoms with E-state index in [2.05, 4.69) is 5.32 Å². The van der Waals surface area contributed by atoms with Crippen LogP contribution in [0.2, 0.25) is 0 Å². The Labute approximate surface area is 91.6 Å². The first-order valence-electron chi connectivity index (χ1n) is 5.89. The molecule has 2 aliphatic rings. The SMILES string of the molecule is CC(C)(C)OC(=O)C1NCCC12CCC2. The maximum atomic E-state index is 12.0. The van der Waals surface area contributed by atoms with E-state index in [1.54, 1.807) is 0 Å². The molecule has 1 unspecified atom stereocenters. The molecule has 1 heterocycles. The number of carbonyl (C=O) groups is 1. The van der Waals surface area contributed by atoms with Crippen LogP contribution >= 0.6 is 0 Å². The summed E-state index contributed by atoms with van der Waals surface area (Å²) in [5, 5.41) is 3.30. The van der Waals surface area contributed by atoms with Crippen LogP contribution in [0.4, 0.5) is 0 Å². The lowest BCUT2D eigenvalue weighted by Gasteiger charge is -2.42. The van der Waals surface area contributed by atoms with Gasteiger partial charge in [-0.15, -0.1) is 0 Å². The highest BCUT2D eigenvalue weighted by Gasteiger charge is 2.51. The van der Waals surface area contributed by atoms with Crippen molar-refractivity contribution in [2.24, 2.45) is 5.41 Å². The minimum Gasteiger partial charge on any atom is -0.459 e. The molecule has 1 aliphatic carbocycles. The Morgan fingerprint density at radius 2 is 2.00 bits per heavy atom. The van der Waals surface area contributed by atoms with E-state index < -0.39 is 0 Å². The van der Waals surface area contributed by atoms with E-state index in [1.165, 1.54) is 19.3 Å². The average Bonchev–Trinajstić information content (AvgIpc) is 2.42. The minimum absolute atomic E-state index is 0.0505. The average molecular weight is 211 g/mol. The lowest BCUT2D eigenvalue weighted by Crippen LogP contribution is -2.49. The molecule has 3 nitrogen and oxygen atoms in total. The summed E-state index contributed by atoms with van der Waals surface area (Å²) in [6, 6.07) is -0.0505. The Morgan fingerprint density at radius 1 is 1.33 bits per heavy atom. The van der Waals surface area contributed by atoms with Gasteiger partial charge in [0.15, 0.2) is 0 Å². The van der Waals surface area contributed by atoms with Crippen molar-refractivity contribution in [3.63, 3.8) is 0 Å². The first-order valence-corrected chi connectivity index (χ1v) is 5.89. The van der Waals surface area contributed by atoms with Crippen molar-refractivity contribution >= 4 is 5.97 Å². The largest absolute Gasteiger partial charge is 0.459 e. The van der Waals surface area contributed by atoms with E-state index in [1.807, 2.05) is 20.8 Å². The predicted octanol–water partition coefficient (Wildman–Crippen LogP) is 1.86. The fourth-order valence-corrected chi connectivity index (χ4v) is 2.69. The summed E-state index contributed by atoms with van der Waals surface area (Å²) in [5.74, 6) is -0.0558. The molecule has 2 fully saturated rings. The predicted molar refractivity (Wildman–Crippen MR) is 58.5 cm³/mol. The topological polar surface area (TPSA) is 38.3 Å². The zero-order valence-corrected chi connectivity index (χ0v) is 9.93. The quantitative estimate of drug-likeness (QED) is 0.673. The Bertz CT molecular complexity index is 263. The van der Waals surface area contributed by atoms with Gasteiger partial charge in [-0.25, -0.2) is 0 Å². The van der Waals surface area contributed by atoms with E-state index in [0.717, 1.165) is 13.0 Å². The van der Waals surface area contributed by atoms with Crippen molar-refractivity contribution in [3.8, 4) is 0 Å². The van der Waals surface area contributed by atoms with Crippen LogP contribution in [-0.2, 0) is 9.53 Å². The molecular weight excluding hydrogens is 190 g/mol. The minimum atomic E-state index is -0.369. The summed E-state index contributed by atoms with van der Waals surface area (Å²) in [6.45, 7) is 6.73. The molecule has 1 saturated heterocycles. The number of ether oxygens (including phenoxy) is 1. The fourth-order valence-electron chi connectivity index (χ4n) is 2.69. The molecule has 1 atom stereocenters. The summed E-state index contributed by atoms with van der Waals surface area (Å²) in [4.78, 5) is 12.0. The molecule has 0 bridgehead atoms. The van der Waals surface area contributed by atoms with Crippen molar-refractivity contribution in [2.75, 3.05) is 6.54 Å². The number of rotatable bonds is 1. The highest BCUT2D eigenvalue weighted by molar-refractivity contribution is 5.78. The van der Waals surface area contributed by atoms with Crippen LogP contribution in [0, 0.1) is 5.41 Å². The Morgan fingerprint density at radius 3 is 2.47 bits per heavy atom. The van der Waals surface area contributed by atoms with Crippen LogP contribution in [-0.4, -0.2) is 24.2 Å². The molecule has 0 radical (unpaired) electrons. The third-order valence-corrected chi connectivity index (χ3v) is 3.58. The number of nitrogens with one attached hydrogen (secondary N) is 1. The van der Waals surface area contributed by atoms with Crippen molar-refractivity contribution in [2.45, 2.75) is 58.1 Å². The molecule has 0 aromatic heterocycles. The van der Waals surface area contributed by atoms with Crippen LogP contribution in [0.15, 0.2) is 0 Å². The van der Waals surface area contributed by atoms with Crippen molar-refractivity contribution < 1.29 is 9.53 Å². The van der Waals surface area contributed by atoms with Gasteiger partial charge in [-0.2, -0.15) is 0 Å². The smallest absolute Gasteiger partial charge is 0.324 e. The molecule has 1 spiro atoms. The van der Waals surface area contributed by atoms with Gasteiger partial charge < -0.3 is 10.1 Å². The summed E-state index contributed by atoms with van der Waals surface area (Å²) >= 11 is 0. The van der Waals surface area contributed by atoms with Gasteiger partial charge >= 0.3 is 5.97 Å². The molecule has 1 saturated carbocycles. The third kappa shape index (κ3) is 2.03. The molecule has 1 N–H and O–H groups in total. The fraction of sp³-hybridized carbons (Fsp3) is 0.917. The summed E-state index contributed by atoms with van der Waals surface area (Å²) in [7, 11) is 0. The standard InChI is InChI=1S/C12H21NO2/c1-11(2,3)15-10(14)9-12(5-4-6-12)7-8-13-9/h9,13H,4-8H2,1-3H3. The Kier molecular flexibility index (Phi) is 2.53. The summed E-state index contributed by atoms with van der Waals surface area (Å²) < 4.78 is 5.45. The molecule has 86 valence electrons. The molecule has 3 heteroatoms. The molecule has 1 aliphatic heterocycles. The van der Waals surface area contributed by atoms with Crippen LogP contribution in [0.1, 0.15) is 46.5 Å². The molecule has 0 aromatic carbocycles. The van der Waals surface area contributed by atoms with Crippen LogP contribution in [0.25, 0.3) is 0 Å². The number of hydrogen-bond acceptors (Lipinski definition) is 3. The molecule has 15 heavy (non-hydrogen) atoms. The number of esters is 1. The van der Waals surface area contributed by atoms with Gasteiger partial charge in [-0.1, -0.05) is 6.42 Å². The third-order valence-electron chi connectivity index (χ3n) is 3.58. The normalized spacial score (nSPS) is 28.9. The van der Waals surface area contributed by atoms with Gasteiger partial charge in [0.1, 0.15) is 11.6 Å². The van der Waals surface area contributed by atoms with E-state index in [4.69, 9.17) is 4.74 Å². The van der Waals surface area contributed by atoms with Crippen molar-refractivity contribution in [3.05, 3.63) is 0 Å². The van der Waals surface area contributed by atoms with Gasteiger partial charge in [0.2, 0.25) is 0 Å². The van der Waals surface area contributed by atoms with Gasteiger partial charge in [0.25, 0.3) is 0 Å². The number of hydrogen-bond donors (Lipinski definition) is 1. The second-order valence-electron chi connectivity index (χ2n) is 5.89. The second-order valence-corrected chi connectivity index (χ2v) is 5.89. The molecular formula is C12H21NO2. The monoisotopic (exact) mass is 211 g/mol. The van der Waals surface area contributed by atoms with Crippen LogP contribution in [0.5, 0.6) is 0 Å². The lowest BCUT2D eigenvalue weighted by molar-refractivity contribution is -0.161. The van der Waals surface area contributed by atoms with Gasteiger partial charge in [-0.05, 0) is 52.0 Å². The first kappa shape index (κ1) is 10.9. The molecule has 0 aromatic rings. The van der Waals surface area contributed by atoms with Gasteiger partial charge in [0, 0.05) is 0 Å². The second kappa shape index (κ2) is 3.48. The van der Waals surface area contributed by atoms with Gasteiger partial charge in [-0.3, -0.25) is 4.79 Å². The molecule has 0 amide bonds. The first-order chi connectivity index (χ1) is 6.93. The Balaban J connectivity index is 2.01. The van der Waals surface area contributed by atoms with E-state index in [9.17, 15) is 4.79 Å². The Hall–Kier alpha value is -0.570. The maximum Gasteiger partial charge on any atom is 0.324 e. The number of carbonyl (C=O) groups excluding carboxylic acids is 1.